The van der Waals surface area contributed by atoms with Crippen LogP contribution in [0.3, 0.4) is 0 Å². The number of benzene rings is 1. The molecule has 4 aliphatic rings. The summed E-state index contributed by atoms with van der Waals surface area (Å²) in [5.74, 6) is 0.284. The Morgan fingerprint density at radius 2 is 2.18 bits per heavy atom. The van der Waals surface area contributed by atoms with Gasteiger partial charge in [-0.3, -0.25) is 9.69 Å². The highest BCUT2D eigenvalue weighted by Crippen LogP contribution is 2.68. The van der Waals surface area contributed by atoms with Crippen molar-refractivity contribution in [2.75, 3.05) is 7.05 Å². The lowest BCUT2D eigenvalue weighted by Gasteiger charge is -2.55. The van der Waals surface area contributed by atoms with Crippen molar-refractivity contribution in [1.82, 2.24) is 4.90 Å². The maximum atomic E-state index is 12.4. The number of likely N-dealkylation sites (tertiary alicyclic amines) is 1. The van der Waals surface area contributed by atoms with Crippen LogP contribution >= 0.6 is 0 Å². The molecule has 0 aromatic heterocycles. The van der Waals surface area contributed by atoms with Gasteiger partial charge in [-0.25, -0.2) is 0 Å². The van der Waals surface area contributed by atoms with Crippen molar-refractivity contribution in [2.45, 2.75) is 42.5 Å². The Labute approximate surface area is 127 Å². The molecule has 0 saturated carbocycles. The summed E-state index contributed by atoms with van der Waals surface area (Å²) in [7, 11) is 2.00. The van der Waals surface area contributed by atoms with Crippen molar-refractivity contribution in [3.8, 4) is 11.5 Å². The van der Waals surface area contributed by atoms with E-state index in [9.17, 15) is 15.0 Å². The molecule has 2 heterocycles. The van der Waals surface area contributed by atoms with Crippen LogP contribution in [0.2, 0.25) is 0 Å². The molecule has 5 atom stereocenters. The molecule has 2 N–H and O–H groups in total. The molecule has 22 heavy (non-hydrogen) atoms. The number of hydrogen-bond acceptors (Lipinski definition) is 5. The number of hydrogen-bond donors (Lipinski definition) is 2. The van der Waals surface area contributed by atoms with Gasteiger partial charge in [-0.05, 0) is 44.2 Å². The topological polar surface area (TPSA) is 70.0 Å². The average Bonchev–Trinajstić information content (AvgIpc) is 3.00. The highest BCUT2D eigenvalue weighted by molar-refractivity contribution is 5.99. The minimum absolute atomic E-state index is 0.0422. The average molecular weight is 299 g/mol. The minimum atomic E-state index is -1.18. The molecule has 1 aromatic rings. The number of nitrogens with zero attached hydrogens (tertiary/aromatic N) is 1. The van der Waals surface area contributed by atoms with Crippen LogP contribution in [0.25, 0.3) is 0 Å². The Morgan fingerprint density at radius 1 is 1.41 bits per heavy atom. The number of aromatic hydroxyl groups is 1. The molecule has 2 bridgehead atoms. The molecular formula is C17H17NO4. The van der Waals surface area contributed by atoms with Gasteiger partial charge in [0.25, 0.3) is 0 Å². The Morgan fingerprint density at radius 3 is 2.95 bits per heavy atom. The fraction of sp³-hybridized carbons (Fsp3) is 0.471. The second kappa shape index (κ2) is 3.39. The van der Waals surface area contributed by atoms with Gasteiger partial charge in [-0.2, -0.15) is 0 Å². The number of phenolic OH excluding ortho intramolecular Hbond substituents is 1. The van der Waals surface area contributed by atoms with Crippen LogP contribution in [0.15, 0.2) is 24.3 Å². The van der Waals surface area contributed by atoms with E-state index in [2.05, 4.69) is 4.90 Å². The fourth-order valence-corrected chi connectivity index (χ4v) is 5.19. The molecule has 1 spiro atoms. The van der Waals surface area contributed by atoms with E-state index in [4.69, 9.17) is 4.74 Å². The smallest absolute Gasteiger partial charge is 0.196 e. The molecule has 5 nitrogen and oxygen atoms in total. The maximum Gasteiger partial charge on any atom is 0.196 e. The number of ether oxygens (including phenoxy) is 1. The number of phenols is 1. The standard InChI is InChI=1S/C17H17NO4/c1-8-17(21)6-5-12(20)15-16(17)7-10(18(8)2)9-3-4-11(19)14(22-15)13(9)16/h3-6,8,10,15,19,21H,7H2,1-2H3/t8-,10?,15+,16+,17-/m1/s1. The number of carbonyl (C=O) groups is 1. The van der Waals surface area contributed by atoms with Crippen molar-refractivity contribution in [3.63, 3.8) is 0 Å². The number of aliphatic hydroxyl groups is 1. The normalized spacial score (nSPS) is 44.1. The zero-order valence-electron chi connectivity index (χ0n) is 12.4. The minimum Gasteiger partial charge on any atom is -0.504 e. The van der Waals surface area contributed by atoms with Gasteiger partial charge in [-0.1, -0.05) is 6.07 Å². The predicted octanol–water partition coefficient (Wildman–Crippen LogP) is 1.04. The fourth-order valence-electron chi connectivity index (χ4n) is 5.19. The molecule has 0 amide bonds. The quantitative estimate of drug-likeness (QED) is 0.749. The van der Waals surface area contributed by atoms with Crippen LogP contribution in [0, 0.1) is 0 Å². The lowest BCUT2D eigenvalue weighted by molar-refractivity contribution is -0.150. The van der Waals surface area contributed by atoms with Crippen LogP contribution in [0.5, 0.6) is 11.5 Å². The SMILES string of the molecule is C[C@H]1N(C)C2C[C@]34c5c2ccc(O)c5O[C@H]3C(=O)C=C[C@@]14O. The van der Waals surface area contributed by atoms with E-state index in [0.29, 0.717) is 12.2 Å². The molecule has 2 aliphatic heterocycles. The van der Waals surface area contributed by atoms with Crippen LogP contribution in [-0.4, -0.2) is 45.7 Å². The zero-order chi connectivity index (χ0) is 15.4. The van der Waals surface area contributed by atoms with Gasteiger partial charge >= 0.3 is 0 Å². The summed E-state index contributed by atoms with van der Waals surface area (Å²) < 4.78 is 5.86. The summed E-state index contributed by atoms with van der Waals surface area (Å²) in [5, 5.41) is 21.7. The summed E-state index contributed by atoms with van der Waals surface area (Å²) >= 11 is 0. The van der Waals surface area contributed by atoms with E-state index < -0.39 is 17.1 Å². The van der Waals surface area contributed by atoms with E-state index in [1.54, 1.807) is 12.1 Å². The maximum absolute atomic E-state index is 12.4. The monoisotopic (exact) mass is 299 g/mol. The summed E-state index contributed by atoms with van der Waals surface area (Å²) in [6.45, 7) is 1.98. The third-order valence-corrected chi connectivity index (χ3v) is 6.39. The second-order valence-electron chi connectivity index (χ2n) is 6.97. The van der Waals surface area contributed by atoms with Crippen molar-refractivity contribution < 1.29 is 19.7 Å². The van der Waals surface area contributed by atoms with Crippen molar-refractivity contribution in [3.05, 3.63) is 35.4 Å². The Hall–Kier alpha value is -1.85. The molecule has 1 aromatic carbocycles. The molecule has 5 heteroatoms. The molecule has 5 rings (SSSR count). The summed E-state index contributed by atoms with van der Waals surface area (Å²) in [5.41, 5.74) is -0.0671. The lowest BCUT2D eigenvalue weighted by Crippen LogP contribution is -2.70. The molecular weight excluding hydrogens is 282 g/mol. The number of carbonyl (C=O) groups excluding carboxylic acids is 1. The number of piperidine rings is 1. The number of likely N-dealkylation sites (N-methyl/N-ethyl adjacent to an activating group) is 1. The van der Waals surface area contributed by atoms with E-state index in [1.165, 1.54) is 6.08 Å². The third kappa shape index (κ3) is 0.998. The zero-order valence-corrected chi connectivity index (χ0v) is 12.4. The molecule has 114 valence electrons. The van der Waals surface area contributed by atoms with Gasteiger partial charge in [0.15, 0.2) is 23.4 Å². The van der Waals surface area contributed by atoms with E-state index in [1.807, 2.05) is 20.0 Å². The first kappa shape index (κ1) is 12.7. The summed E-state index contributed by atoms with van der Waals surface area (Å²) in [4.78, 5) is 14.6. The Kier molecular flexibility index (Phi) is 1.95. The highest BCUT2D eigenvalue weighted by atomic mass is 16.5. The molecule has 1 unspecified atom stereocenters. The van der Waals surface area contributed by atoms with E-state index in [0.717, 1.165) is 11.1 Å². The Bertz CT molecular complexity index is 772. The first-order valence-corrected chi connectivity index (χ1v) is 7.62. The first-order valence-electron chi connectivity index (χ1n) is 7.62. The molecule has 2 aliphatic carbocycles. The molecule has 1 fully saturated rings. The number of fused-ring (bicyclic) bond motifs is 2. The lowest BCUT2D eigenvalue weighted by atomic mass is 9.57. The van der Waals surface area contributed by atoms with Crippen molar-refractivity contribution >= 4 is 5.78 Å². The summed E-state index contributed by atoms with van der Waals surface area (Å²) in [6, 6.07) is 3.51. The van der Waals surface area contributed by atoms with Crippen LogP contribution in [-0.2, 0) is 10.2 Å². The van der Waals surface area contributed by atoms with Crippen LogP contribution in [0.4, 0.5) is 0 Å². The van der Waals surface area contributed by atoms with Gasteiger partial charge < -0.3 is 14.9 Å². The Balaban J connectivity index is 1.93. The first-order chi connectivity index (χ1) is 10.4. The van der Waals surface area contributed by atoms with Gasteiger partial charge in [0.1, 0.15) is 5.60 Å². The molecule has 0 radical (unpaired) electrons. The summed E-state index contributed by atoms with van der Waals surface area (Å²) in [6.07, 6.45) is 2.96. The van der Waals surface area contributed by atoms with Crippen LogP contribution in [0.1, 0.15) is 30.5 Å². The van der Waals surface area contributed by atoms with Gasteiger partial charge in [0.2, 0.25) is 0 Å². The third-order valence-electron chi connectivity index (χ3n) is 6.39. The van der Waals surface area contributed by atoms with Gasteiger partial charge in [0, 0.05) is 17.6 Å². The second-order valence-corrected chi connectivity index (χ2v) is 6.97. The highest BCUT2D eigenvalue weighted by Gasteiger charge is 2.73. The molecule has 1 saturated heterocycles. The van der Waals surface area contributed by atoms with Gasteiger partial charge in [-0.15, -0.1) is 0 Å². The van der Waals surface area contributed by atoms with Gasteiger partial charge in [0.05, 0.1) is 5.41 Å². The predicted molar refractivity (Wildman–Crippen MR) is 77.9 cm³/mol. The number of rotatable bonds is 0. The largest absolute Gasteiger partial charge is 0.504 e. The van der Waals surface area contributed by atoms with E-state index >= 15 is 0 Å². The number of ketones is 1. The van der Waals surface area contributed by atoms with Crippen molar-refractivity contribution in [2.24, 2.45) is 0 Å². The van der Waals surface area contributed by atoms with E-state index in [-0.39, 0.29) is 23.6 Å². The van der Waals surface area contributed by atoms with Crippen molar-refractivity contribution in [1.29, 1.82) is 0 Å². The van der Waals surface area contributed by atoms with Crippen LogP contribution < -0.4 is 4.74 Å².